The molecule has 2 heteroatoms. The first-order valence-electron chi connectivity index (χ1n) is 6.71. The number of nitrogens with one attached hydrogen (secondary N) is 1. The molecule has 1 saturated heterocycles. The first kappa shape index (κ1) is 12.7. The molecule has 0 amide bonds. The molecule has 0 unspecified atom stereocenters. The number of aryl methyl sites for hydroxylation is 1. The van der Waals surface area contributed by atoms with Gasteiger partial charge in [-0.05, 0) is 36.1 Å². The highest BCUT2D eigenvalue weighted by atomic mass is 35.5. The van der Waals surface area contributed by atoms with Crippen LogP contribution in [0.4, 0.5) is 0 Å². The van der Waals surface area contributed by atoms with Crippen LogP contribution in [0.3, 0.4) is 0 Å². The van der Waals surface area contributed by atoms with Gasteiger partial charge in [0, 0.05) is 23.5 Å². The van der Waals surface area contributed by atoms with E-state index in [9.17, 15) is 0 Å². The van der Waals surface area contributed by atoms with Crippen molar-refractivity contribution in [2.75, 3.05) is 13.1 Å². The summed E-state index contributed by atoms with van der Waals surface area (Å²) in [6.07, 6.45) is 1.00. The first-order valence-corrected chi connectivity index (χ1v) is 7.09. The molecule has 0 saturated carbocycles. The number of benzene rings is 2. The minimum Gasteiger partial charge on any atom is -0.315 e. The van der Waals surface area contributed by atoms with E-state index in [-0.39, 0.29) is 5.41 Å². The molecular formula is C17H18ClN. The summed E-state index contributed by atoms with van der Waals surface area (Å²) in [4.78, 5) is 0. The second kappa shape index (κ2) is 4.99. The van der Waals surface area contributed by atoms with Crippen LogP contribution in [0.15, 0.2) is 48.5 Å². The second-order valence-electron chi connectivity index (χ2n) is 5.52. The van der Waals surface area contributed by atoms with Crippen LogP contribution < -0.4 is 5.32 Å². The van der Waals surface area contributed by atoms with Crippen molar-refractivity contribution in [1.29, 1.82) is 0 Å². The molecule has 1 aliphatic rings. The van der Waals surface area contributed by atoms with Gasteiger partial charge in [-0.3, -0.25) is 0 Å². The SMILES string of the molecule is Cc1ccc(CC2(c3ccccc3)CNC2)c(Cl)c1. The Bertz CT molecular complexity index is 573. The lowest BCUT2D eigenvalue weighted by molar-refractivity contribution is 0.275. The third kappa shape index (κ3) is 2.41. The molecule has 1 fully saturated rings. The summed E-state index contributed by atoms with van der Waals surface area (Å²) in [5.41, 5.74) is 4.08. The van der Waals surface area contributed by atoms with Crippen LogP contribution in [0.5, 0.6) is 0 Å². The van der Waals surface area contributed by atoms with Crippen molar-refractivity contribution in [3.63, 3.8) is 0 Å². The van der Waals surface area contributed by atoms with E-state index in [4.69, 9.17) is 11.6 Å². The molecule has 0 radical (unpaired) electrons. The van der Waals surface area contributed by atoms with E-state index in [0.29, 0.717) is 0 Å². The zero-order chi connectivity index (χ0) is 13.3. The molecule has 1 aliphatic heterocycles. The van der Waals surface area contributed by atoms with E-state index < -0.39 is 0 Å². The van der Waals surface area contributed by atoms with Gasteiger partial charge in [-0.25, -0.2) is 0 Å². The lowest BCUT2D eigenvalue weighted by Crippen LogP contribution is -2.58. The molecule has 1 heterocycles. The molecule has 0 spiro atoms. The molecule has 0 aromatic heterocycles. The van der Waals surface area contributed by atoms with Crippen LogP contribution in [-0.4, -0.2) is 13.1 Å². The predicted octanol–water partition coefficient (Wildman–Crippen LogP) is 3.73. The van der Waals surface area contributed by atoms with Gasteiger partial charge in [0.2, 0.25) is 0 Å². The lowest BCUT2D eigenvalue weighted by Gasteiger charge is -2.43. The van der Waals surface area contributed by atoms with E-state index in [1.165, 1.54) is 16.7 Å². The molecule has 0 aliphatic carbocycles. The van der Waals surface area contributed by atoms with E-state index in [0.717, 1.165) is 24.5 Å². The Morgan fingerprint density at radius 3 is 2.42 bits per heavy atom. The Hall–Kier alpha value is -1.31. The average molecular weight is 272 g/mol. The van der Waals surface area contributed by atoms with Gasteiger partial charge >= 0.3 is 0 Å². The summed E-state index contributed by atoms with van der Waals surface area (Å²) in [6, 6.07) is 17.1. The fourth-order valence-corrected chi connectivity index (χ4v) is 3.11. The predicted molar refractivity (Wildman–Crippen MR) is 80.9 cm³/mol. The van der Waals surface area contributed by atoms with Gasteiger partial charge < -0.3 is 5.32 Å². The molecule has 2 aromatic rings. The quantitative estimate of drug-likeness (QED) is 0.897. The van der Waals surface area contributed by atoms with Gasteiger partial charge in [-0.1, -0.05) is 54.1 Å². The van der Waals surface area contributed by atoms with Gasteiger partial charge in [-0.15, -0.1) is 0 Å². The van der Waals surface area contributed by atoms with Gasteiger partial charge in [0.25, 0.3) is 0 Å². The molecule has 0 bridgehead atoms. The van der Waals surface area contributed by atoms with E-state index >= 15 is 0 Å². The van der Waals surface area contributed by atoms with Crippen LogP contribution in [0.1, 0.15) is 16.7 Å². The molecule has 98 valence electrons. The minimum atomic E-state index is 0.208. The second-order valence-corrected chi connectivity index (χ2v) is 5.93. The fourth-order valence-electron chi connectivity index (χ4n) is 2.81. The van der Waals surface area contributed by atoms with E-state index in [1.807, 2.05) is 0 Å². The van der Waals surface area contributed by atoms with Gasteiger partial charge in [0.05, 0.1) is 0 Å². The maximum atomic E-state index is 6.38. The van der Waals surface area contributed by atoms with E-state index in [1.54, 1.807) is 0 Å². The molecule has 3 rings (SSSR count). The van der Waals surface area contributed by atoms with Crippen molar-refractivity contribution in [2.45, 2.75) is 18.8 Å². The summed E-state index contributed by atoms with van der Waals surface area (Å²) >= 11 is 6.38. The Kier molecular flexibility index (Phi) is 3.34. The number of halogens is 1. The van der Waals surface area contributed by atoms with Crippen molar-refractivity contribution in [3.8, 4) is 0 Å². The highest BCUT2D eigenvalue weighted by Gasteiger charge is 2.38. The topological polar surface area (TPSA) is 12.0 Å². The molecule has 1 nitrogen and oxygen atoms in total. The monoisotopic (exact) mass is 271 g/mol. The van der Waals surface area contributed by atoms with Crippen LogP contribution in [-0.2, 0) is 11.8 Å². The molecular weight excluding hydrogens is 254 g/mol. The third-order valence-corrected chi connectivity index (χ3v) is 4.40. The molecule has 19 heavy (non-hydrogen) atoms. The van der Waals surface area contributed by atoms with Crippen molar-refractivity contribution in [3.05, 3.63) is 70.2 Å². The van der Waals surface area contributed by atoms with Crippen LogP contribution >= 0.6 is 11.6 Å². The number of rotatable bonds is 3. The highest BCUT2D eigenvalue weighted by molar-refractivity contribution is 6.31. The minimum absolute atomic E-state index is 0.208. The third-order valence-electron chi connectivity index (χ3n) is 4.05. The van der Waals surface area contributed by atoms with Gasteiger partial charge in [0.1, 0.15) is 0 Å². The first-order chi connectivity index (χ1) is 9.20. The summed E-state index contributed by atoms with van der Waals surface area (Å²) < 4.78 is 0. The Labute approximate surface area is 119 Å². The number of hydrogen-bond acceptors (Lipinski definition) is 1. The molecule has 1 N–H and O–H groups in total. The van der Waals surface area contributed by atoms with Gasteiger partial charge in [0.15, 0.2) is 0 Å². The maximum Gasteiger partial charge on any atom is 0.0440 e. The smallest absolute Gasteiger partial charge is 0.0440 e. The Balaban J connectivity index is 1.92. The summed E-state index contributed by atoms with van der Waals surface area (Å²) in [6.45, 7) is 4.13. The Morgan fingerprint density at radius 2 is 1.84 bits per heavy atom. The van der Waals surface area contributed by atoms with Crippen LogP contribution in [0, 0.1) is 6.92 Å². The van der Waals surface area contributed by atoms with Crippen LogP contribution in [0.25, 0.3) is 0 Å². The fraction of sp³-hybridized carbons (Fsp3) is 0.294. The Morgan fingerprint density at radius 1 is 1.11 bits per heavy atom. The highest BCUT2D eigenvalue weighted by Crippen LogP contribution is 2.34. The van der Waals surface area contributed by atoms with Crippen molar-refractivity contribution >= 4 is 11.6 Å². The summed E-state index contributed by atoms with van der Waals surface area (Å²) in [5, 5.41) is 4.30. The largest absolute Gasteiger partial charge is 0.315 e. The van der Waals surface area contributed by atoms with Crippen molar-refractivity contribution in [1.82, 2.24) is 5.32 Å². The summed E-state index contributed by atoms with van der Waals surface area (Å²) in [5.74, 6) is 0. The standard InChI is InChI=1S/C17H18ClN/c1-13-7-8-14(16(18)9-13)10-17(11-19-12-17)15-5-3-2-4-6-15/h2-9,19H,10-12H2,1H3. The number of hydrogen-bond donors (Lipinski definition) is 1. The maximum absolute atomic E-state index is 6.38. The normalized spacial score (nSPS) is 16.9. The zero-order valence-electron chi connectivity index (χ0n) is 11.1. The van der Waals surface area contributed by atoms with Crippen molar-refractivity contribution in [2.24, 2.45) is 0 Å². The van der Waals surface area contributed by atoms with Crippen molar-refractivity contribution < 1.29 is 0 Å². The molecule has 0 atom stereocenters. The molecule has 2 aromatic carbocycles. The van der Waals surface area contributed by atoms with Crippen LogP contribution in [0.2, 0.25) is 5.02 Å². The zero-order valence-corrected chi connectivity index (χ0v) is 11.9. The van der Waals surface area contributed by atoms with E-state index in [2.05, 4.69) is 60.8 Å². The van der Waals surface area contributed by atoms with Gasteiger partial charge in [-0.2, -0.15) is 0 Å². The average Bonchev–Trinajstić information content (AvgIpc) is 2.37. The summed E-state index contributed by atoms with van der Waals surface area (Å²) in [7, 11) is 0. The lowest BCUT2D eigenvalue weighted by atomic mass is 9.71.